The first-order chi connectivity index (χ1) is 16.9. The van der Waals surface area contributed by atoms with E-state index in [9.17, 15) is 19.5 Å². The fourth-order valence-electron chi connectivity index (χ4n) is 4.66. The Bertz CT molecular complexity index is 1250. The molecule has 2 amide bonds. The number of aliphatic carboxylic acids is 1. The predicted octanol–water partition coefficient (Wildman–Crippen LogP) is 4.71. The molecule has 1 saturated carbocycles. The van der Waals surface area contributed by atoms with Crippen molar-refractivity contribution in [2.75, 3.05) is 11.9 Å². The number of carbonyl (C=O) groups excluding carboxylic acids is 2. The van der Waals surface area contributed by atoms with Crippen molar-refractivity contribution < 1.29 is 24.2 Å². The van der Waals surface area contributed by atoms with Crippen molar-refractivity contribution in [1.29, 1.82) is 0 Å². The Morgan fingerprint density at radius 1 is 0.914 bits per heavy atom. The third kappa shape index (κ3) is 4.75. The summed E-state index contributed by atoms with van der Waals surface area (Å²) in [4.78, 5) is 35.9. The van der Waals surface area contributed by atoms with E-state index in [1.165, 1.54) is 11.1 Å². The fraction of sp³-hybridized carbons (Fsp3) is 0.250. The van der Waals surface area contributed by atoms with Crippen molar-refractivity contribution in [1.82, 2.24) is 5.32 Å². The van der Waals surface area contributed by atoms with Gasteiger partial charge in [-0.05, 0) is 59.2 Å². The molecule has 0 heterocycles. The van der Waals surface area contributed by atoms with Crippen molar-refractivity contribution in [3.63, 3.8) is 0 Å². The van der Waals surface area contributed by atoms with Gasteiger partial charge in [-0.1, -0.05) is 60.7 Å². The van der Waals surface area contributed by atoms with Crippen LogP contribution in [0, 0.1) is 0 Å². The molecule has 0 bridgehead atoms. The Hall–Kier alpha value is -4.13. The van der Waals surface area contributed by atoms with Gasteiger partial charge in [0.1, 0.15) is 12.1 Å². The van der Waals surface area contributed by atoms with Gasteiger partial charge < -0.3 is 15.2 Å². The molecule has 2 aliphatic carbocycles. The molecule has 0 aliphatic heterocycles. The van der Waals surface area contributed by atoms with Crippen LogP contribution in [0.15, 0.2) is 72.8 Å². The largest absolute Gasteiger partial charge is 0.480 e. The Kier molecular flexibility index (Phi) is 5.99. The number of rotatable bonds is 8. The molecule has 35 heavy (non-hydrogen) atoms. The van der Waals surface area contributed by atoms with Crippen molar-refractivity contribution in [3.8, 4) is 11.1 Å². The summed E-state index contributed by atoms with van der Waals surface area (Å²) in [7, 11) is 0. The fourth-order valence-corrected chi connectivity index (χ4v) is 4.66. The van der Waals surface area contributed by atoms with Crippen molar-refractivity contribution in [2.45, 2.75) is 37.1 Å². The second kappa shape index (κ2) is 9.25. The van der Waals surface area contributed by atoms with E-state index in [-0.39, 0.29) is 24.9 Å². The number of anilines is 1. The molecule has 5 rings (SSSR count). The SMILES string of the molecule is O=C(CCc1cccc(NC(=O)OCC2c3ccccc3-c3ccccc32)c1)NC1(C(=O)O)CC1. The zero-order valence-electron chi connectivity index (χ0n) is 19.1. The van der Waals surface area contributed by atoms with Crippen LogP contribution in [0.5, 0.6) is 0 Å². The van der Waals surface area contributed by atoms with Gasteiger partial charge in [0.05, 0.1) is 0 Å². The lowest BCUT2D eigenvalue weighted by atomic mass is 9.98. The predicted molar refractivity (Wildman–Crippen MR) is 131 cm³/mol. The van der Waals surface area contributed by atoms with Crippen LogP contribution >= 0.6 is 0 Å². The highest BCUT2D eigenvalue weighted by Crippen LogP contribution is 2.44. The van der Waals surface area contributed by atoms with E-state index in [4.69, 9.17) is 4.74 Å². The molecule has 1 fully saturated rings. The van der Waals surface area contributed by atoms with E-state index in [1.807, 2.05) is 30.3 Å². The monoisotopic (exact) mass is 470 g/mol. The first-order valence-corrected chi connectivity index (χ1v) is 11.7. The van der Waals surface area contributed by atoms with Crippen LogP contribution in [0.1, 0.15) is 41.9 Å². The summed E-state index contributed by atoms with van der Waals surface area (Å²) in [6, 6.07) is 23.5. The van der Waals surface area contributed by atoms with Crippen LogP contribution in [0.4, 0.5) is 10.5 Å². The van der Waals surface area contributed by atoms with Crippen molar-refractivity contribution in [2.24, 2.45) is 0 Å². The molecule has 3 N–H and O–H groups in total. The molecule has 0 atom stereocenters. The molecular weight excluding hydrogens is 444 g/mol. The molecule has 2 aliphatic rings. The number of carboxylic acid groups (broad SMARTS) is 1. The molecule has 178 valence electrons. The number of hydrogen-bond donors (Lipinski definition) is 3. The molecule has 0 radical (unpaired) electrons. The minimum atomic E-state index is -1.08. The van der Waals surface area contributed by atoms with E-state index in [0.29, 0.717) is 24.9 Å². The molecular formula is C28H26N2O5. The summed E-state index contributed by atoms with van der Waals surface area (Å²) in [6.45, 7) is 0.227. The minimum absolute atomic E-state index is 0.0152. The molecule has 0 saturated heterocycles. The number of amides is 2. The third-order valence-corrected chi connectivity index (χ3v) is 6.70. The lowest BCUT2D eigenvalue weighted by Gasteiger charge is -2.15. The summed E-state index contributed by atoms with van der Waals surface area (Å²) in [6.07, 6.45) is 0.991. The lowest BCUT2D eigenvalue weighted by Crippen LogP contribution is -2.43. The highest BCUT2D eigenvalue weighted by Gasteiger charge is 2.51. The van der Waals surface area contributed by atoms with Crippen LogP contribution in [-0.2, 0) is 20.7 Å². The van der Waals surface area contributed by atoms with E-state index in [2.05, 4.69) is 34.9 Å². The average molecular weight is 471 g/mol. The van der Waals surface area contributed by atoms with Crippen LogP contribution in [-0.4, -0.2) is 35.2 Å². The number of aryl methyl sites for hydroxylation is 1. The summed E-state index contributed by atoms with van der Waals surface area (Å²) in [5.41, 5.74) is 5.00. The summed E-state index contributed by atoms with van der Waals surface area (Å²) < 4.78 is 5.60. The number of nitrogens with one attached hydrogen (secondary N) is 2. The highest BCUT2D eigenvalue weighted by atomic mass is 16.5. The van der Waals surface area contributed by atoms with Gasteiger partial charge in [-0.3, -0.25) is 10.1 Å². The Morgan fingerprint density at radius 3 is 2.20 bits per heavy atom. The zero-order valence-corrected chi connectivity index (χ0v) is 19.1. The maximum absolute atomic E-state index is 12.5. The Balaban J connectivity index is 1.16. The van der Waals surface area contributed by atoms with Gasteiger partial charge in [-0.15, -0.1) is 0 Å². The smallest absolute Gasteiger partial charge is 0.411 e. The topological polar surface area (TPSA) is 105 Å². The number of carboxylic acids is 1. The third-order valence-electron chi connectivity index (χ3n) is 6.70. The van der Waals surface area contributed by atoms with Gasteiger partial charge in [0.25, 0.3) is 0 Å². The van der Waals surface area contributed by atoms with Crippen molar-refractivity contribution in [3.05, 3.63) is 89.5 Å². The van der Waals surface area contributed by atoms with Crippen LogP contribution in [0.2, 0.25) is 0 Å². The zero-order chi connectivity index (χ0) is 24.4. The first-order valence-electron chi connectivity index (χ1n) is 11.7. The number of ether oxygens (including phenoxy) is 1. The molecule has 7 heteroatoms. The summed E-state index contributed by atoms with van der Waals surface area (Å²) >= 11 is 0. The quantitative estimate of drug-likeness (QED) is 0.442. The van der Waals surface area contributed by atoms with Crippen LogP contribution in [0.3, 0.4) is 0 Å². The lowest BCUT2D eigenvalue weighted by molar-refractivity contribution is -0.143. The van der Waals surface area contributed by atoms with Gasteiger partial charge in [-0.25, -0.2) is 9.59 Å². The van der Waals surface area contributed by atoms with E-state index >= 15 is 0 Å². The molecule has 3 aromatic carbocycles. The average Bonchev–Trinajstić information content (AvgIpc) is 3.57. The Labute approximate surface area is 203 Å². The van der Waals surface area contributed by atoms with E-state index < -0.39 is 17.6 Å². The highest BCUT2D eigenvalue weighted by molar-refractivity contribution is 5.89. The number of carbonyl (C=O) groups is 3. The summed E-state index contributed by atoms with van der Waals surface area (Å²) in [5, 5.41) is 14.6. The van der Waals surface area contributed by atoms with Gasteiger partial charge in [0, 0.05) is 18.0 Å². The van der Waals surface area contributed by atoms with Gasteiger partial charge >= 0.3 is 12.1 Å². The number of benzene rings is 3. The summed E-state index contributed by atoms with van der Waals surface area (Å²) in [5.74, 6) is -1.29. The van der Waals surface area contributed by atoms with Crippen LogP contribution < -0.4 is 10.6 Å². The molecule has 3 aromatic rings. The maximum atomic E-state index is 12.5. The molecule has 7 nitrogen and oxygen atoms in total. The van der Waals surface area contributed by atoms with E-state index in [1.54, 1.807) is 18.2 Å². The van der Waals surface area contributed by atoms with Gasteiger partial charge in [0.2, 0.25) is 5.91 Å². The van der Waals surface area contributed by atoms with Crippen LogP contribution in [0.25, 0.3) is 11.1 Å². The van der Waals surface area contributed by atoms with Gasteiger partial charge in [-0.2, -0.15) is 0 Å². The molecule has 0 unspecified atom stereocenters. The van der Waals surface area contributed by atoms with E-state index in [0.717, 1.165) is 16.7 Å². The van der Waals surface area contributed by atoms with Gasteiger partial charge in [0.15, 0.2) is 0 Å². The number of hydrogen-bond acceptors (Lipinski definition) is 4. The standard InChI is InChI=1S/C28H26N2O5/c31-25(30-28(14-15-28)26(32)33)13-12-18-6-5-7-19(16-18)29-27(34)35-17-24-22-10-3-1-8-20(22)21-9-2-4-11-23(21)24/h1-11,16,24H,12-15,17H2,(H,29,34)(H,30,31)(H,32,33). The maximum Gasteiger partial charge on any atom is 0.411 e. The minimum Gasteiger partial charge on any atom is -0.480 e. The second-order valence-corrected chi connectivity index (χ2v) is 9.09. The molecule has 0 aromatic heterocycles. The second-order valence-electron chi connectivity index (χ2n) is 9.09. The number of fused-ring (bicyclic) bond motifs is 3. The molecule has 0 spiro atoms. The first kappa shape index (κ1) is 22.7. The van der Waals surface area contributed by atoms with Crippen molar-refractivity contribution >= 4 is 23.7 Å². The Morgan fingerprint density at radius 2 is 1.57 bits per heavy atom. The normalized spacial score (nSPS) is 15.0.